The number of hydrogen-bond acceptors (Lipinski definition) is 3. The lowest BCUT2D eigenvalue weighted by molar-refractivity contribution is -0.139. The molecular formula is C5H23NO11. The van der Waals surface area contributed by atoms with Gasteiger partial charge in [0.2, 0.25) is 0 Å². The third kappa shape index (κ3) is 40.1. The minimum absolute atomic E-state index is 0. The Labute approximate surface area is 95.8 Å². The molecule has 0 aromatic carbocycles. The first-order chi connectivity index (χ1) is 4.54. The Hall–Kier alpha value is -1.38. The van der Waals surface area contributed by atoms with E-state index >= 15 is 0 Å². The fraction of sp³-hybridized carbons (Fsp3) is 0.600. The maximum Gasteiger partial charge on any atom is 0.320 e. The van der Waals surface area contributed by atoms with Gasteiger partial charge in [0.05, 0.1) is 0 Å². The SMILES string of the molecule is N[C@H](CCC(=O)O)C(=O)O.O.O.O.O.O.O.O. The van der Waals surface area contributed by atoms with E-state index in [1.807, 2.05) is 0 Å². The molecule has 0 bridgehead atoms. The Balaban J connectivity index is -0.0000000193. The second-order valence-corrected chi connectivity index (χ2v) is 1.88. The van der Waals surface area contributed by atoms with Gasteiger partial charge in [-0.2, -0.15) is 0 Å². The van der Waals surface area contributed by atoms with Crippen LogP contribution in [0.15, 0.2) is 0 Å². The zero-order chi connectivity index (χ0) is 8.15. The summed E-state index contributed by atoms with van der Waals surface area (Å²) < 4.78 is 0. The van der Waals surface area contributed by atoms with Gasteiger partial charge < -0.3 is 54.3 Å². The highest BCUT2D eigenvalue weighted by Gasteiger charge is 2.12. The predicted octanol–water partition coefficient (Wildman–Crippen LogP) is -6.51. The molecule has 0 amide bonds. The first-order valence-corrected chi connectivity index (χ1v) is 2.74. The van der Waals surface area contributed by atoms with Gasteiger partial charge in [-0.05, 0) is 6.42 Å². The number of hydrogen-bond donors (Lipinski definition) is 3. The number of carbonyl (C=O) groups is 2. The normalized spacial score (nSPS) is 7.35. The molecule has 0 fully saturated rings. The maximum absolute atomic E-state index is 9.99. The second-order valence-electron chi connectivity index (χ2n) is 1.88. The smallest absolute Gasteiger partial charge is 0.320 e. The van der Waals surface area contributed by atoms with Gasteiger partial charge in [-0.1, -0.05) is 0 Å². The lowest BCUT2D eigenvalue weighted by atomic mass is 10.2. The van der Waals surface area contributed by atoms with Crippen LogP contribution in [0.5, 0.6) is 0 Å². The van der Waals surface area contributed by atoms with E-state index in [0.717, 1.165) is 0 Å². The fourth-order valence-electron chi connectivity index (χ4n) is 0.402. The largest absolute Gasteiger partial charge is 0.481 e. The molecule has 18 N–H and O–H groups in total. The predicted molar refractivity (Wildman–Crippen MR) is 57.8 cm³/mol. The number of carboxylic acids is 2. The standard InChI is InChI=1S/C5H9NO4.7H2O/c6-3(5(9)10)1-2-4(7)8;;;;;;;/h3H,1-2,6H2,(H,7,8)(H,9,10);7*1H2/t3-;;;;;;;/m1......./s1. The number of nitrogens with two attached hydrogens (primary N) is 1. The molecule has 0 aliphatic carbocycles. The zero-order valence-electron chi connectivity index (χ0n) is 8.78. The van der Waals surface area contributed by atoms with Crippen molar-refractivity contribution in [3.05, 3.63) is 0 Å². The van der Waals surface area contributed by atoms with Crippen LogP contribution >= 0.6 is 0 Å². The molecule has 0 radical (unpaired) electrons. The van der Waals surface area contributed by atoms with E-state index in [9.17, 15) is 9.59 Å². The molecule has 0 unspecified atom stereocenters. The quantitative estimate of drug-likeness (QED) is 0.447. The first-order valence-electron chi connectivity index (χ1n) is 2.74. The molecule has 0 rings (SSSR count). The van der Waals surface area contributed by atoms with Crippen molar-refractivity contribution in [3.63, 3.8) is 0 Å². The summed E-state index contributed by atoms with van der Waals surface area (Å²) in [5, 5.41) is 16.3. The van der Waals surface area contributed by atoms with Crippen LogP contribution < -0.4 is 5.73 Å². The second kappa shape index (κ2) is 29.3. The van der Waals surface area contributed by atoms with E-state index in [1.165, 1.54) is 0 Å². The highest BCUT2D eigenvalue weighted by molar-refractivity contribution is 5.74. The summed E-state index contributed by atoms with van der Waals surface area (Å²) in [7, 11) is 0. The van der Waals surface area contributed by atoms with Gasteiger partial charge in [0.25, 0.3) is 0 Å². The van der Waals surface area contributed by atoms with Crippen LogP contribution in [-0.4, -0.2) is 66.5 Å². The van der Waals surface area contributed by atoms with Crippen LogP contribution in [0.1, 0.15) is 12.8 Å². The minimum Gasteiger partial charge on any atom is -0.481 e. The molecule has 114 valence electrons. The Bertz CT molecular complexity index is 151. The molecular weight excluding hydrogens is 250 g/mol. The van der Waals surface area contributed by atoms with E-state index in [1.54, 1.807) is 0 Å². The Morgan fingerprint density at radius 2 is 1.18 bits per heavy atom. The Kier molecular flexibility index (Phi) is 99.1. The molecule has 17 heavy (non-hydrogen) atoms. The summed E-state index contributed by atoms with van der Waals surface area (Å²) in [6.07, 6.45) is -0.224. The van der Waals surface area contributed by atoms with Gasteiger partial charge in [-0.25, -0.2) is 0 Å². The van der Waals surface area contributed by atoms with Crippen molar-refractivity contribution in [1.82, 2.24) is 0 Å². The molecule has 0 aliphatic heterocycles. The third-order valence-electron chi connectivity index (χ3n) is 0.986. The minimum atomic E-state index is -1.17. The van der Waals surface area contributed by atoms with E-state index in [-0.39, 0.29) is 51.2 Å². The van der Waals surface area contributed by atoms with E-state index in [2.05, 4.69) is 0 Å². The third-order valence-corrected chi connectivity index (χ3v) is 0.986. The lowest BCUT2D eigenvalue weighted by Crippen LogP contribution is -2.30. The lowest BCUT2D eigenvalue weighted by Gasteiger charge is -2.01. The molecule has 0 spiro atoms. The topological polar surface area (TPSA) is 321 Å². The average Bonchev–Trinajstić information content (AvgIpc) is 1.82. The molecule has 0 aromatic rings. The van der Waals surface area contributed by atoms with E-state index in [4.69, 9.17) is 15.9 Å². The number of aliphatic carboxylic acids is 2. The van der Waals surface area contributed by atoms with Crippen LogP contribution in [-0.2, 0) is 9.59 Å². The van der Waals surface area contributed by atoms with Gasteiger partial charge >= 0.3 is 11.9 Å². The fourth-order valence-corrected chi connectivity index (χ4v) is 0.402. The summed E-state index contributed by atoms with van der Waals surface area (Å²) >= 11 is 0. The highest BCUT2D eigenvalue weighted by Crippen LogP contribution is 1.93. The van der Waals surface area contributed by atoms with Crippen molar-refractivity contribution in [3.8, 4) is 0 Å². The molecule has 1 atom stereocenters. The maximum atomic E-state index is 9.99. The summed E-state index contributed by atoms with van der Waals surface area (Å²) in [5.41, 5.74) is 5.00. The van der Waals surface area contributed by atoms with Crippen molar-refractivity contribution in [2.45, 2.75) is 18.9 Å². The van der Waals surface area contributed by atoms with Crippen LogP contribution in [0.4, 0.5) is 0 Å². The first kappa shape index (κ1) is 57.5. The number of carboxylic acid groups (broad SMARTS) is 2. The van der Waals surface area contributed by atoms with Crippen molar-refractivity contribution in [1.29, 1.82) is 0 Å². The van der Waals surface area contributed by atoms with Crippen molar-refractivity contribution >= 4 is 11.9 Å². The highest BCUT2D eigenvalue weighted by atomic mass is 16.4. The molecule has 12 heteroatoms. The summed E-state index contributed by atoms with van der Waals surface area (Å²) in [4.78, 5) is 19.9. The summed E-state index contributed by atoms with van der Waals surface area (Å²) in [6, 6.07) is -1.06. The van der Waals surface area contributed by atoms with Gasteiger partial charge in [0.15, 0.2) is 0 Å². The van der Waals surface area contributed by atoms with Crippen LogP contribution in [0.2, 0.25) is 0 Å². The number of rotatable bonds is 4. The van der Waals surface area contributed by atoms with Gasteiger partial charge in [-0.15, -0.1) is 0 Å². The Morgan fingerprint density at radius 1 is 0.882 bits per heavy atom. The van der Waals surface area contributed by atoms with Crippen molar-refractivity contribution in [2.75, 3.05) is 0 Å². The molecule has 0 aromatic heterocycles. The molecule has 0 saturated carbocycles. The van der Waals surface area contributed by atoms with E-state index in [0.29, 0.717) is 0 Å². The van der Waals surface area contributed by atoms with Crippen LogP contribution in [0.3, 0.4) is 0 Å². The van der Waals surface area contributed by atoms with Gasteiger partial charge in [0.1, 0.15) is 6.04 Å². The van der Waals surface area contributed by atoms with Crippen molar-refractivity contribution in [2.24, 2.45) is 5.73 Å². The Morgan fingerprint density at radius 3 is 1.35 bits per heavy atom. The van der Waals surface area contributed by atoms with Gasteiger partial charge in [-0.3, -0.25) is 9.59 Å². The average molecular weight is 273 g/mol. The summed E-state index contributed by atoms with van der Waals surface area (Å²) in [6.45, 7) is 0. The van der Waals surface area contributed by atoms with Crippen molar-refractivity contribution < 1.29 is 58.1 Å². The molecule has 0 aliphatic rings. The zero-order valence-corrected chi connectivity index (χ0v) is 8.78. The van der Waals surface area contributed by atoms with Gasteiger partial charge in [0, 0.05) is 6.42 Å². The monoisotopic (exact) mass is 273 g/mol. The van der Waals surface area contributed by atoms with Crippen LogP contribution in [0.25, 0.3) is 0 Å². The summed E-state index contributed by atoms with van der Waals surface area (Å²) in [5.74, 6) is -2.20. The molecule has 0 saturated heterocycles. The van der Waals surface area contributed by atoms with E-state index < -0.39 is 18.0 Å². The molecule has 12 nitrogen and oxygen atoms in total. The van der Waals surface area contributed by atoms with Crippen LogP contribution in [0, 0.1) is 0 Å². The molecule has 0 heterocycles.